The normalized spacial score (nSPS) is 34.0. The standard InChI is InChI=1S/C21H28O4/c1-20(2,19(22)23)25-14-5-7-15-13(12-14)4-6-17-16(15)8-10-21(3)18(17)9-11-24-21/h5,7,12,16-18H,4,6,8-11H2,1-3H3,(H,22,23)/t16?,17?,18?,21-/m0/s1. The van der Waals surface area contributed by atoms with Crippen molar-refractivity contribution < 1.29 is 19.4 Å². The van der Waals surface area contributed by atoms with Gasteiger partial charge in [0.05, 0.1) is 5.60 Å². The van der Waals surface area contributed by atoms with Gasteiger partial charge < -0.3 is 14.6 Å². The molecule has 0 aromatic heterocycles. The number of aryl methyl sites for hydroxylation is 1. The number of aliphatic carboxylic acids is 1. The van der Waals surface area contributed by atoms with Gasteiger partial charge in [-0.05, 0) is 93.9 Å². The third kappa shape index (κ3) is 2.75. The third-order valence-corrected chi connectivity index (χ3v) is 6.78. The van der Waals surface area contributed by atoms with Crippen molar-refractivity contribution in [1.29, 1.82) is 0 Å². The minimum atomic E-state index is -1.21. The highest BCUT2D eigenvalue weighted by Gasteiger charge is 2.51. The third-order valence-electron chi connectivity index (χ3n) is 6.78. The van der Waals surface area contributed by atoms with E-state index in [0.717, 1.165) is 25.4 Å². The first-order chi connectivity index (χ1) is 11.8. The number of carbonyl (C=O) groups is 1. The van der Waals surface area contributed by atoms with Crippen LogP contribution in [0.3, 0.4) is 0 Å². The summed E-state index contributed by atoms with van der Waals surface area (Å²) in [6, 6.07) is 6.19. The fourth-order valence-corrected chi connectivity index (χ4v) is 5.37. The van der Waals surface area contributed by atoms with Crippen molar-refractivity contribution in [1.82, 2.24) is 0 Å². The lowest BCUT2D eigenvalue weighted by molar-refractivity contribution is -0.152. The van der Waals surface area contributed by atoms with Crippen LogP contribution in [0.15, 0.2) is 18.2 Å². The van der Waals surface area contributed by atoms with Crippen molar-refractivity contribution in [3.05, 3.63) is 29.3 Å². The maximum absolute atomic E-state index is 11.3. The monoisotopic (exact) mass is 344 g/mol. The minimum absolute atomic E-state index is 0.0905. The van der Waals surface area contributed by atoms with E-state index >= 15 is 0 Å². The first-order valence-electron chi connectivity index (χ1n) is 9.49. The average molecular weight is 344 g/mol. The fourth-order valence-electron chi connectivity index (χ4n) is 5.37. The fraction of sp³-hybridized carbons (Fsp3) is 0.667. The Morgan fingerprint density at radius 1 is 1.32 bits per heavy atom. The summed E-state index contributed by atoms with van der Waals surface area (Å²) in [5.74, 6) is 1.73. The molecule has 3 aliphatic rings. The van der Waals surface area contributed by atoms with Crippen molar-refractivity contribution in [2.24, 2.45) is 11.8 Å². The van der Waals surface area contributed by atoms with Crippen LogP contribution in [-0.2, 0) is 16.0 Å². The Morgan fingerprint density at radius 3 is 2.88 bits per heavy atom. The Kier molecular flexibility index (Phi) is 3.87. The second kappa shape index (κ2) is 5.73. The van der Waals surface area contributed by atoms with Gasteiger partial charge in [0.2, 0.25) is 0 Å². The molecule has 4 heteroatoms. The SMILES string of the molecule is CC(C)(Oc1ccc2c(c1)CCC1C2CC[C@]2(C)OCCC12)C(=O)O. The van der Waals surface area contributed by atoms with Crippen LogP contribution in [-0.4, -0.2) is 28.9 Å². The molecule has 136 valence electrons. The Morgan fingerprint density at radius 2 is 2.12 bits per heavy atom. The lowest BCUT2D eigenvalue weighted by atomic mass is 9.59. The molecule has 2 fully saturated rings. The second-order valence-electron chi connectivity index (χ2n) is 8.68. The zero-order chi connectivity index (χ0) is 17.8. The molecule has 0 radical (unpaired) electrons. The van der Waals surface area contributed by atoms with Crippen LogP contribution in [0.4, 0.5) is 0 Å². The Labute approximate surface area is 149 Å². The molecule has 4 atom stereocenters. The topological polar surface area (TPSA) is 55.8 Å². The predicted octanol–water partition coefficient (Wildman–Crippen LogP) is 4.16. The summed E-state index contributed by atoms with van der Waals surface area (Å²) in [7, 11) is 0. The predicted molar refractivity (Wildman–Crippen MR) is 95.0 cm³/mol. The molecule has 1 aliphatic heterocycles. The quantitative estimate of drug-likeness (QED) is 0.894. The van der Waals surface area contributed by atoms with Gasteiger partial charge in [-0.25, -0.2) is 4.79 Å². The largest absolute Gasteiger partial charge is 0.478 e. The molecule has 4 rings (SSSR count). The summed E-state index contributed by atoms with van der Waals surface area (Å²) in [6.07, 6.45) is 5.77. The maximum Gasteiger partial charge on any atom is 0.347 e. The van der Waals surface area contributed by atoms with Crippen LogP contribution in [0.2, 0.25) is 0 Å². The Hall–Kier alpha value is -1.55. The van der Waals surface area contributed by atoms with Gasteiger partial charge in [-0.15, -0.1) is 0 Å². The van der Waals surface area contributed by atoms with Gasteiger partial charge in [-0.3, -0.25) is 0 Å². The molecule has 3 unspecified atom stereocenters. The van der Waals surface area contributed by atoms with Crippen molar-refractivity contribution in [2.45, 2.75) is 70.0 Å². The zero-order valence-corrected chi connectivity index (χ0v) is 15.4. The number of hydrogen-bond donors (Lipinski definition) is 1. The number of benzene rings is 1. The van der Waals surface area contributed by atoms with E-state index in [1.807, 2.05) is 6.07 Å². The van der Waals surface area contributed by atoms with Crippen molar-refractivity contribution in [3.63, 3.8) is 0 Å². The van der Waals surface area contributed by atoms with E-state index in [9.17, 15) is 9.90 Å². The minimum Gasteiger partial charge on any atom is -0.478 e. The molecule has 2 aliphatic carbocycles. The molecule has 1 aromatic rings. The summed E-state index contributed by atoms with van der Waals surface area (Å²) in [5, 5.41) is 9.27. The summed E-state index contributed by atoms with van der Waals surface area (Å²) in [6.45, 7) is 6.40. The van der Waals surface area contributed by atoms with Gasteiger partial charge in [0.15, 0.2) is 5.60 Å². The lowest BCUT2D eigenvalue weighted by Gasteiger charge is -2.48. The van der Waals surface area contributed by atoms with Gasteiger partial charge in [-0.1, -0.05) is 6.07 Å². The summed E-state index contributed by atoms with van der Waals surface area (Å²) >= 11 is 0. The van der Waals surface area contributed by atoms with Gasteiger partial charge in [-0.2, -0.15) is 0 Å². The molecule has 25 heavy (non-hydrogen) atoms. The summed E-state index contributed by atoms with van der Waals surface area (Å²) < 4.78 is 11.8. The number of ether oxygens (including phenoxy) is 2. The van der Waals surface area contributed by atoms with Gasteiger partial charge in [0.1, 0.15) is 5.75 Å². The molecule has 4 nitrogen and oxygen atoms in total. The highest BCUT2D eigenvalue weighted by Crippen LogP contribution is 2.55. The molecule has 1 aromatic carbocycles. The van der Waals surface area contributed by atoms with E-state index in [-0.39, 0.29) is 5.60 Å². The van der Waals surface area contributed by atoms with Gasteiger partial charge in [0, 0.05) is 6.61 Å². The first-order valence-corrected chi connectivity index (χ1v) is 9.49. The number of hydrogen-bond acceptors (Lipinski definition) is 3. The van der Waals surface area contributed by atoms with Crippen LogP contribution in [0.1, 0.15) is 63.5 Å². The smallest absolute Gasteiger partial charge is 0.347 e. The maximum atomic E-state index is 11.3. The average Bonchev–Trinajstić information content (AvgIpc) is 2.95. The molecular weight excluding hydrogens is 316 g/mol. The lowest BCUT2D eigenvalue weighted by Crippen LogP contribution is -2.44. The highest BCUT2D eigenvalue weighted by atomic mass is 16.5. The van der Waals surface area contributed by atoms with Gasteiger partial charge in [0.25, 0.3) is 0 Å². The van der Waals surface area contributed by atoms with Crippen LogP contribution in [0.25, 0.3) is 0 Å². The summed E-state index contributed by atoms with van der Waals surface area (Å²) in [5.41, 5.74) is 1.67. The van der Waals surface area contributed by atoms with Crippen LogP contribution in [0, 0.1) is 11.8 Å². The Balaban J connectivity index is 1.59. The zero-order valence-electron chi connectivity index (χ0n) is 15.4. The Bertz CT molecular complexity index is 695. The molecular formula is C21H28O4. The van der Waals surface area contributed by atoms with Gasteiger partial charge >= 0.3 is 5.97 Å². The molecule has 1 heterocycles. The molecule has 1 saturated heterocycles. The van der Waals surface area contributed by atoms with Crippen LogP contribution < -0.4 is 4.74 Å². The van der Waals surface area contributed by atoms with E-state index in [0.29, 0.717) is 17.6 Å². The van der Waals surface area contributed by atoms with Crippen LogP contribution in [0.5, 0.6) is 5.75 Å². The van der Waals surface area contributed by atoms with Crippen molar-refractivity contribution in [2.75, 3.05) is 6.61 Å². The molecule has 0 amide bonds. The van der Waals surface area contributed by atoms with Crippen molar-refractivity contribution in [3.8, 4) is 5.75 Å². The van der Waals surface area contributed by atoms with E-state index < -0.39 is 11.6 Å². The number of carboxylic acid groups (broad SMARTS) is 1. The number of rotatable bonds is 3. The van der Waals surface area contributed by atoms with E-state index in [1.165, 1.54) is 30.4 Å². The summed E-state index contributed by atoms with van der Waals surface area (Å²) in [4.78, 5) is 11.3. The molecule has 1 N–H and O–H groups in total. The first kappa shape index (κ1) is 16.9. The number of fused-ring (bicyclic) bond motifs is 5. The van der Waals surface area contributed by atoms with Crippen molar-refractivity contribution >= 4 is 5.97 Å². The second-order valence-corrected chi connectivity index (χ2v) is 8.68. The molecule has 0 spiro atoms. The molecule has 1 saturated carbocycles. The molecule has 0 bridgehead atoms. The van der Waals surface area contributed by atoms with E-state index in [1.54, 1.807) is 13.8 Å². The van der Waals surface area contributed by atoms with E-state index in [4.69, 9.17) is 9.47 Å². The number of carboxylic acids is 1. The highest BCUT2D eigenvalue weighted by molar-refractivity contribution is 5.76. The van der Waals surface area contributed by atoms with E-state index in [2.05, 4.69) is 19.1 Å². The van der Waals surface area contributed by atoms with Crippen LogP contribution >= 0.6 is 0 Å².